The van der Waals surface area contributed by atoms with Gasteiger partial charge in [-0.15, -0.1) is 0 Å². The lowest BCUT2D eigenvalue weighted by Crippen LogP contribution is -2.47. The number of hydrogen-bond donors (Lipinski definition) is 3. The summed E-state index contributed by atoms with van der Waals surface area (Å²) in [5.74, 6) is -1.03. The van der Waals surface area contributed by atoms with Crippen molar-refractivity contribution in [3.8, 4) is 0 Å². The van der Waals surface area contributed by atoms with Crippen LogP contribution in [-0.2, 0) is 14.4 Å². The molecule has 92 valence electrons. The van der Waals surface area contributed by atoms with Crippen LogP contribution in [0.2, 0.25) is 0 Å². The molecule has 7 heteroatoms. The number of carbonyl (C=O) groups is 3. The Bertz CT molecular complexity index is 257. The zero-order chi connectivity index (χ0) is 12.6. The Morgan fingerprint density at radius 1 is 1.50 bits per heavy atom. The van der Waals surface area contributed by atoms with Gasteiger partial charge in [-0.3, -0.25) is 14.4 Å². The molecule has 0 fully saturated rings. The smallest absolute Gasteiger partial charge is 0.243 e. The van der Waals surface area contributed by atoms with Gasteiger partial charge in [-0.25, -0.2) is 0 Å². The third kappa shape index (κ3) is 5.30. The lowest BCUT2D eigenvalue weighted by molar-refractivity contribution is -0.133. The molecule has 5 N–H and O–H groups in total. The zero-order valence-electron chi connectivity index (χ0n) is 9.31. The second-order valence-corrected chi connectivity index (χ2v) is 3.40. The van der Waals surface area contributed by atoms with Crippen molar-refractivity contribution < 1.29 is 14.4 Å². The highest BCUT2D eigenvalue weighted by Gasteiger charge is 2.21. The molecule has 3 amide bonds. The molecule has 0 rings (SSSR count). The maximum atomic E-state index is 11.6. The van der Waals surface area contributed by atoms with E-state index in [4.69, 9.17) is 11.5 Å². The molecule has 0 saturated heterocycles. The van der Waals surface area contributed by atoms with Crippen LogP contribution in [0.25, 0.3) is 0 Å². The van der Waals surface area contributed by atoms with Crippen LogP contribution >= 0.6 is 0 Å². The summed E-state index contributed by atoms with van der Waals surface area (Å²) >= 11 is 0. The van der Waals surface area contributed by atoms with E-state index in [2.05, 4.69) is 5.32 Å². The molecule has 0 aliphatic carbocycles. The van der Waals surface area contributed by atoms with Crippen molar-refractivity contribution in [3.63, 3.8) is 0 Å². The Kier molecular flexibility index (Phi) is 6.86. The predicted octanol–water partition coefficient (Wildman–Crippen LogP) is -2.22. The minimum absolute atomic E-state index is 0.231. The molecule has 1 atom stereocenters. The number of likely N-dealkylation sites (N-methyl/N-ethyl adjacent to an activating group) is 1. The standard InChI is InChI=1S/C9H18N4O3/c1-13(6-14)7(3-2-4-10)9(16)12-5-8(11)15/h6-7H,2-5,10H2,1H3,(H2,11,15)(H,12,16). The summed E-state index contributed by atoms with van der Waals surface area (Å²) in [5.41, 5.74) is 10.2. The Balaban J connectivity index is 4.31. The van der Waals surface area contributed by atoms with Crippen LogP contribution in [0.1, 0.15) is 12.8 Å². The highest BCUT2D eigenvalue weighted by Crippen LogP contribution is 2.03. The summed E-state index contributed by atoms with van der Waals surface area (Å²) in [5, 5.41) is 2.35. The van der Waals surface area contributed by atoms with Crippen LogP contribution in [0.15, 0.2) is 0 Å². The fourth-order valence-corrected chi connectivity index (χ4v) is 1.20. The topological polar surface area (TPSA) is 119 Å². The maximum Gasteiger partial charge on any atom is 0.243 e. The van der Waals surface area contributed by atoms with Gasteiger partial charge in [0.1, 0.15) is 6.04 Å². The number of primary amides is 1. The zero-order valence-corrected chi connectivity index (χ0v) is 9.31. The summed E-state index contributed by atoms with van der Waals surface area (Å²) in [6, 6.07) is -0.611. The molecule has 0 bridgehead atoms. The SMILES string of the molecule is CN(C=O)C(CCCN)C(=O)NCC(N)=O. The molecule has 0 saturated carbocycles. The molecular weight excluding hydrogens is 212 g/mol. The first kappa shape index (κ1) is 14.4. The molecule has 7 nitrogen and oxygen atoms in total. The van der Waals surface area contributed by atoms with Crippen LogP contribution in [0.4, 0.5) is 0 Å². The molecular formula is C9H18N4O3. The summed E-state index contributed by atoms with van der Waals surface area (Å²) in [6.07, 6.45) is 1.63. The van der Waals surface area contributed by atoms with Crippen LogP contribution in [0.3, 0.4) is 0 Å². The lowest BCUT2D eigenvalue weighted by Gasteiger charge is -2.23. The predicted molar refractivity (Wildman–Crippen MR) is 58.1 cm³/mol. The molecule has 1 unspecified atom stereocenters. The Morgan fingerprint density at radius 2 is 2.12 bits per heavy atom. The van der Waals surface area contributed by atoms with E-state index in [0.29, 0.717) is 25.8 Å². The van der Waals surface area contributed by atoms with Crippen molar-refractivity contribution in [2.45, 2.75) is 18.9 Å². The molecule has 0 aromatic heterocycles. The number of nitrogens with two attached hydrogens (primary N) is 2. The second kappa shape index (κ2) is 7.63. The number of hydrogen-bond acceptors (Lipinski definition) is 4. The van der Waals surface area contributed by atoms with Gasteiger partial charge in [0.25, 0.3) is 0 Å². The molecule has 0 aromatic rings. The Morgan fingerprint density at radius 3 is 2.56 bits per heavy atom. The third-order valence-corrected chi connectivity index (χ3v) is 2.08. The van der Waals surface area contributed by atoms with E-state index in [-0.39, 0.29) is 6.54 Å². The molecule has 0 radical (unpaired) electrons. The van der Waals surface area contributed by atoms with Gasteiger partial charge in [0.2, 0.25) is 18.2 Å². The number of rotatable bonds is 8. The van der Waals surface area contributed by atoms with Crippen molar-refractivity contribution in [1.29, 1.82) is 0 Å². The van der Waals surface area contributed by atoms with E-state index in [1.54, 1.807) is 0 Å². The first-order valence-corrected chi connectivity index (χ1v) is 4.96. The highest BCUT2D eigenvalue weighted by atomic mass is 16.2. The number of carbonyl (C=O) groups excluding carboxylic acids is 3. The van der Waals surface area contributed by atoms with Gasteiger partial charge in [0, 0.05) is 7.05 Å². The van der Waals surface area contributed by atoms with E-state index >= 15 is 0 Å². The van der Waals surface area contributed by atoms with E-state index in [9.17, 15) is 14.4 Å². The van der Waals surface area contributed by atoms with Gasteiger partial charge >= 0.3 is 0 Å². The minimum Gasteiger partial charge on any atom is -0.368 e. The molecule has 0 aromatic carbocycles. The van der Waals surface area contributed by atoms with Crippen molar-refractivity contribution >= 4 is 18.2 Å². The second-order valence-electron chi connectivity index (χ2n) is 3.40. The Labute approximate surface area is 94.1 Å². The average molecular weight is 230 g/mol. The molecule has 0 heterocycles. The summed E-state index contributed by atoms with van der Waals surface area (Å²) in [6.45, 7) is 0.205. The monoisotopic (exact) mass is 230 g/mol. The van der Waals surface area contributed by atoms with Crippen molar-refractivity contribution in [1.82, 2.24) is 10.2 Å². The van der Waals surface area contributed by atoms with Gasteiger partial charge in [-0.1, -0.05) is 0 Å². The van der Waals surface area contributed by atoms with Gasteiger partial charge in [-0.2, -0.15) is 0 Å². The Hall–Kier alpha value is -1.63. The van der Waals surface area contributed by atoms with Crippen LogP contribution < -0.4 is 16.8 Å². The van der Waals surface area contributed by atoms with Crippen molar-refractivity contribution in [2.75, 3.05) is 20.1 Å². The molecule has 0 aliphatic heterocycles. The van der Waals surface area contributed by atoms with Crippen molar-refractivity contribution in [3.05, 3.63) is 0 Å². The number of nitrogens with one attached hydrogen (secondary N) is 1. The molecule has 0 aliphatic rings. The van der Waals surface area contributed by atoms with Gasteiger partial charge in [0.05, 0.1) is 6.54 Å². The quantitative estimate of drug-likeness (QED) is 0.409. The largest absolute Gasteiger partial charge is 0.368 e. The summed E-state index contributed by atoms with van der Waals surface area (Å²) in [7, 11) is 1.50. The summed E-state index contributed by atoms with van der Waals surface area (Å²) < 4.78 is 0. The molecule has 16 heavy (non-hydrogen) atoms. The first-order chi connectivity index (χ1) is 7.52. The van der Waals surface area contributed by atoms with Gasteiger partial charge < -0.3 is 21.7 Å². The van der Waals surface area contributed by atoms with E-state index in [1.807, 2.05) is 0 Å². The third-order valence-electron chi connectivity index (χ3n) is 2.08. The normalized spacial score (nSPS) is 11.6. The first-order valence-electron chi connectivity index (χ1n) is 4.96. The van der Waals surface area contributed by atoms with E-state index in [0.717, 1.165) is 0 Å². The van der Waals surface area contributed by atoms with Crippen LogP contribution in [-0.4, -0.2) is 49.3 Å². The van der Waals surface area contributed by atoms with Gasteiger partial charge in [0.15, 0.2) is 0 Å². The highest BCUT2D eigenvalue weighted by molar-refractivity contribution is 5.87. The number of nitrogens with zero attached hydrogens (tertiary/aromatic N) is 1. The lowest BCUT2D eigenvalue weighted by atomic mass is 10.1. The summed E-state index contributed by atoms with van der Waals surface area (Å²) in [4.78, 5) is 33.9. The maximum absolute atomic E-state index is 11.6. The number of amides is 3. The minimum atomic E-state index is -0.625. The fraction of sp³-hybridized carbons (Fsp3) is 0.667. The average Bonchev–Trinajstić information content (AvgIpc) is 2.26. The fourth-order valence-electron chi connectivity index (χ4n) is 1.20. The van der Waals surface area contributed by atoms with Crippen LogP contribution in [0, 0.1) is 0 Å². The van der Waals surface area contributed by atoms with Crippen molar-refractivity contribution in [2.24, 2.45) is 11.5 Å². The van der Waals surface area contributed by atoms with Gasteiger partial charge in [-0.05, 0) is 19.4 Å². The van der Waals surface area contributed by atoms with E-state index < -0.39 is 17.9 Å². The molecule has 0 spiro atoms. The van der Waals surface area contributed by atoms with E-state index in [1.165, 1.54) is 11.9 Å². The van der Waals surface area contributed by atoms with Crippen LogP contribution in [0.5, 0.6) is 0 Å².